The fraction of sp³-hybridized carbons (Fsp3) is 0.174. The van der Waals surface area contributed by atoms with Crippen molar-refractivity contribution in [2.24, 2.45) is 0 Å². The predicted octanol–water partition coefficient (Wildman–Crippen LogP) is 3.90. The highest BCUT2D eigenvalue weighted by molar-refractivity contribution is 7.89. The van der Waals surface area contributed by atoms with Crippen LogP contribution in [-0.2, 0) is 10.0 Å². The lowest BCUT2D eigenvalue weighted by atomic mass is 10.1. The van der Waals surface area contributed by atoms with Crippen molar-refractivity contribution in [1.29, 1.82) is 0 Å². The van der Waals surface area contributed by atoms with Gasteiger partial charge >= 0.3 is 0 Å². The van der Waals surface area contributed by atoms with Crippen LogP contribution >= 0.6 is 0 Å². The van der Waals surface area contributed by atoms with Gasteiger partial charge in [-0.2, -0.15) is 4.31 Å². The molecule has 0 atom stereocenters. The van der Waals surface area contributed by atoms with Crippen molar-refractivity contribution in [3.8, 4) is 11.5 Å². The molecule has 3 aromatic rings. The number of rotatable bonds is 5. The summed E-state index contributed by atoms with van der Waals surface area (Å²) in [5.41, 5.74) is 0.341. The van der Waals surface area contributed by atoms with E-state index < -0.39 is 26.6 Å². The van der Waals surface area contributed by atoms with Gasteiger partial charge in [-0.25, -0.2) is 17.2 Å². The van der Waals surface area contributed by atoms with E-state index in [9.17, 15) is 22.0 Å². The van der Waals surface area contributed by atoms with Crippen molar-refractivity contribution in [2.45, 2.75) is 4.90 Å². The minimum Gasteiger partial charge on any atom is -0.457 e. The monoisotopic (exact) mass is 458 g/mol. The van der Waals surface area contributed by atoms with Gasteiger partial charge in [-0.1, -0.05) is 36.4 Å². The van der Waals surface area contributed by atoms with E-state index in [0.717, 1.165) is 22.5 Å². The summed E-state index contributed by atoms with van der Waals surface area (Å²) in [7, 11) is -4.37. The number of carbonyl (C=O) groups is 1. The quantitative estimate of drug-likeness (QED) is 0.582. The highest BCUT2D eigenvalue weighted by Gasteiger charge is 2.34. The summed E-state index contributed by atoms with van der Waals surface area (Å²) in [6, 6.07) is 18.7. The average Bonchev–Trinajstić information content (AvgIpc) is 2.79. The van der Waals surface area contributed by atoms with Crippen molar-refractivity contribution < 1.29 is 26.7 Å². The predicted molar refractivity (Wildman–Crippen MR) is 114 cm³/mol. The van der Waals surface area contributed by atoms with Gasteiger partial charge in [-0.05, 0) is 36.4 Å². The zero-order valence-electron chi connectivity index (χ0n) is 16.9. The van der Waals surface area contributed by atoms with E-state index >= 15 is 0 Å². The molecule has 0 spiro atoms. The lowest BCUT2D eigenvalue weighted by molar-refractivity contribution is 0.0695. The van der Waals surface area contributed by atoms with Gasteiger partial charge < -0.3 is 9.64 Å². The Kier molecular flexibility index (Phi) is 6.20. The first kappa shape index (κ1) is 21.9. The number of benzene rings is 3. The number of hydrogen-bond donors (Lipinski definition) is 0. The second kappa shape index (κ2) is 9.05. The fourth-order valence-corrected chi connectivity index (χ4v) is 5.04. The summed E-state index contributed by atoms with van der Waals surface area (Å²) >= 11 is 0. The molecule has 1 amide bonds. The Balaban J connectivity index is 1.49. The molecule has 0 aliphatic carbocycles. The van der Waals surface area contributed by atoms with Crippen molar-refractivity contribution in [3.05, 3.63) is 90.0 Å². The van der Waals surface area contributed by atoms with Gasteiger partial charge in [0.1, 0.15) is 23.1 Å². The molecule has 4 rings (SSSR count). The molecule has 0 saturated carbocycles. The topological polar surface area (TPSA) is 66.9 Å². The Bertz CT molecular complexity index is 1210. The minimum atomic E-state index is -4.37. The molecule has 1 saturated heterocycles. The Labute approximate surface area is 184 Å². The maximum atomic E-state index is 14.0. The highest BCUT2D eigenvalue weighted by atomic mass is 32.2. The maximum Gasteiger partial charge on any atom is 0.257 e. The van der Waals surface area contributed by atoms with Gasteiger partial charge in [-0.3, -0.25) is 4.79 Å². The smallest absolute Gasteiger partial charge is 0.257 e. The molecule has 1 heterocycles. The number of amides is 1. The van der Waals surface area contributed by atoms with Crippen LogP contribution in [0.4, 0.5) is 8.78 Å². The van der Waals surface area contributed by atoms with Gasteiger partial charge in [-0.15, -0.1) is 0 Å². The summed E-state index contributed by atoms with van der Waals surface area (Å²) in [6.07, 6.45) is 0. The van der Waals surface area contributed by atoms with Crippen LogP contribution in [0.5, 0.6) is 11.5 Å². The minimum absolute atomic E-state index is 0.0772. The third-order valence-electron chi connectivity index (χ3n) is 5.13. The van der Waals surface area contributed by atoms with Gasteiger partial charge in [0.25, 0.3) is 5.91 Å². The first-order valence-corrected chi connectivity index (χ1v) is 11.4. The van der Waals surface area contributed by atoms with Crippen LogP contribution in [0.25, 0.3) is 0 Å². The Morgan fingerprint density at radius 3 is 2.03 bits per heavy atom. The van der Waals surface area contributed by atoms with Gasteiger partial charge in [0.05, 0.1) is 5.56 Å². The van der Waals surface area contributed by atoms with Crippen LogP contribution in [-0.4, -0.2) is 49.7 Å². The molecule has 0 N–H and O–H groups in total. The molecule has 3 aromatic carbocycles. The standard InChI is InChI=1S/C23H20F2N2O4S/c24-19-10-6-11-20(25)22(19)32(29,30)27-15-13-26(14-16-27)23(28)18-9-4-5-12-21(18)31-17-7-2-1-3-8-17/h1-12H,13-16H2. The van der Waals surface area contributed by atoms with Crippen LogP contribution in [0.15, 0.2) is 77.7 Å². The number of halogens is 2. The van der Waals surface area contributed by atoms with Gasteiger partial charge in [0, 0.05) is 26.2 Å². The average molecular weight is 458 g/mol. The molecule has 0 unspecified atom stereocenters. The molecule has 1 fully saturated rings. The van der Waals surface area contributed by atoms with Crippen LogP contribution in [0.3, 0.4) is 0 Å². The SMILES string of the molecule is O=C(c1ccccc1Oc1ccccc1)N1CCN(S(=O)(=O)c2c(F)cccc2F)CC1. The summed E-state index contributed by atoms with van der Waals surface area (Å²) in [4.78, 5) is 13.6. The second-order valence-corrected chi connectivity index (χ2v) is 9.03. The number of ether oxygens (including phenoxy) is 1. The normalized spacial score (nSPS) is 14.9. The molecular weight excluding hydrogens is 438 g/mol. The van der Waals surface area contributed by atoms with Crippen molar-refractivity contribution >= 4 is 15.9 Å². The molecule has 6 nitrogen and oxygen atoms in total. The first-order chi connectivity index (χ1) is 15.4. The van der Waals surface area contributed by atoms with E-state index in [0.29, 0.717) is 17.1 Å². The number of sulfonamides is 1. The zero-order valence-corrected chi connectivity index (χ0v) is 17.8. The lowest BCUT2D eigenvalue weighted by Crippen LogP contribution is -2.50. The van der Waals surface area contributed by atoms with E-state index in [1.165, 1.54) is 4.90 Å². The lowest BCUT2D eigenvalue weighted by Gasteiger charge is -2.34. The molecule has 166 valence electrons. The molecule has 1 aliphatic rings. The number of hydrogen-bond acceptors (Lipinski definition) is 4. The molecule has 9 heteroatoms. The summed E-state index contributed by atoms with van der Waals surface area (Å²) in [5.74, 6) is -1.64. The Morgan fingerprint density at radius 1 is 0.781 bits per heavy atom. The summed E-state index contributed by atoms with van der Waals surface area (Å²) < 4.78 is 60.4. The number of carbonyl (C=O) groups excluding carboxylic acids is 1. The zero-order chi connectivity index (χ0) is 22.7. The Hall–Kier alpha value is -3.30. The van der Waals surface area contributed by atoms with Crippen LogP contribution < -0.4 is 4.74 Å². The highest BCUT2D eigenvalue weighted by Crippen LogP contribution is 2.28. The third kappa shape index (κ3) is 4.35. The second-order valence-electron chi connectivity index (χ2n) is 7.16. The van der Waals surface area contributed by atoms with Crippen LogP contribution in [0.1, 0.15) is 10.4 Å². The maximum absolute atomic E-state index is 14.0. The van der Waals surface area contributed by atoms with E-state index in [-0.39, 0.29) is 32.1 Å². The van der Waals surface area contributed by atoms with E-state index in [2.05, 4.69) is 0 Å². The van der Waals surface area contributed by atoms with Crippen molar-refractivity contribution in [1.82, 2.24) is 9.21 Å². The van der Waals surface area contributed by atoms with Crippen molar-refractivity contribution in [3.63, 3.8) is 0 Å². The number of para-hydroxylation sites is 2. The molecular formula is C23H20F2N2O4S. The molecule has 32 heavy (non-hydrogen) atoms. The van der Waals surface area contributed by atoms with Gasteiger partial charge in [0.2, 0.25) is 10.0 Å². The largest absolute Gasteiger partial charge is 0.457 e. The van der Waals surface area contributed by atoms with E-state index in [4.69, 9.17) is 4.74 Å². The molecule has 0 radical (unpaired) electrons. The van der Waals surface area contributed by atoms with Crippen molar-refractivity contribution in [2.75, 3.05) is 26.2 Å². The molecule has 1 aliphatic heterocycles. The fourth-order valence-electron chi connectivity index (χ4n) is 3.51. The van der Waals surface area contributed by atoms with Crippen LogP contribution in [0.2, 0.25) is 0 Å². The summed E-state index contributed by atoms with van der Waals surface area (Å²) in [6.45, 7) is -0.00523. The number of nitrogens with zero attached hydrogens (tertiary/aromatic N) is 2. The number of piperazine rings is 1. The van der Waals surface area contributed by atoms with Crippen LogP contribution in [0, 0.1) is 11.6 Å². The van der Waals surface area contributed by atoms with E-state index in [1.807, 2.05) is 18.2 Å². The van der Waals surface area contributed by atoms with E-state index in [1.54, 1.807) is 36.4 Å². The third-order valence-corrected chi connectivity index (χ3v) is 7.08. The summed E-state index contributed by atoms with van der Waals surface area (Å²) in [5, 5.41) is 0. The Morgan fingerprint density at radius 2 is 1.38 bits per heavy atom. The first-order valence-electron chi connectivity index (χ1n) is 9.93. The van der Waals surface area contributed by atoms with Gasteiger partial charge in [0.15, 0.2) is 4.90 Å². The molecule has 0 aromatic heterocycles. The molecule has 0 bridgehead atoms.